The minimum Gasteiger partial charge on any atom is -0.388 e. The third-order valence-corrected chi connectivity index (χ3v) is 6.92. The average Bonchev–Trinajstić information content (AvgIpc) is 2.97. The Kier molecular flexibility index (Phi) is 5.68. The fourth-order valence-electron chi connectivity index (χ4n) is 3.57. The Morgan fingerprint density at radius 3 is 2.31 bits per heavy atom. The van der Waals surface area contributed by atoms with Crippen molar-refractivity contribution in [3.63, 3.8) is 0 Å². The number of hydrogen-bond donors (Lipinski definition) is 1. The Hall–Kier alpha value is -1.85. The lowest BCUT2D eigenvalue weighted by atomic mass is 10.0. The third kappa shape index (κ3) is 3.79. The second-order valence-corrected chi connectivity index (χ2v) is 8.87. The van der Waals surface area contributed by atoms with E-state index >= 15 is 0 Å². The second-order valence-electron chi connectivity index (χ2n) is 6.91. The minimum atomic E-state index is -3.33. The Morgan fingerprint density at radius 2 is 1.73 bits per heavy atom. The summed E-state index contributed by atoms with van der Waals surface area (Å²) in [6.45, 7) is 4.14. The van der Waals surface area contributed by atoms with Gasteiger partial charge in [-0.1, -0.05) is 56.7 Å². The van der Waals surface area contributed by atoms with Crippen LogP contribution in [0, 0.1) is 0 Å². The van der Waals surface area contributed by atoms with Gasteiger partial charge in [0.05, 0.1) is 23.6 Å². The predicted molar refractivity (Wildman–Crippen MR) is 106 cm³/mol. The summed E-state index contributed by atoms with van der Waals surface area (Å²) in [5.74, 6) is 0.160. The van der Waals surface area contributed by atoms with Crippen molar-refractivity contribution in [2.24, 2.45) is 0 Å². The number of hydrogen-bond acceptors (Lipinski definition) is 3. The number of nitrogens with zero attached hydrogens (tertiary/aromatic N) is 1. The maximum absolute atomic E-state index is 12.7. The molecular weight excluding hydrogens is 346 g/mol. The quantitative estimate of drug-likeness (QED) is 0.818. The molecule has 0 spiro atoms. The van der Waals surface area contributed by atoms with E-state index in [1.165, 1.54) is 5.56 Å². The molecule has 1 aliphatic heterocycles. The van der Waals surface area contributed by atoms with Gasteiger partial charge in [0.1, 0.15) is 0 Å². The molecule has 0 aliphatic carbocycles. The van der Waals surface area contributed by atoms with Crippen molar-refractivity contribution in [2.75, 3.05) is 10.1 Å². The first-order valence-corrected chi connectivity index (χ1v) is 11.0. The zero-order chi connectivity index (χ0) is 18.7. The molecule has 5 heteroatoms. The van der Waals surface area contributed by atoms with Crippen molar-refractivity contribution in [1.29, 1.82) is 0 Å². The second kappa shape index (κ2) is 7.80. The molecular formula is C21H27NO3S. The highest BCUT2D eigenvalue weighted by Crippen LogP contribution is 2.39. The lowest BCUT2D eigenvalue weighted by Crippen LogP contribution is -2.28. The van der Waals surface area contributed by atoms with Gasteiger partial charge in [-0.2, -0.15) is 0 Å². The summed E-state index contributed by atoms with van der Waals surface area (Å²) in [7, 11) is -3.33. The van der Waals surface area contributed by atoms with Crippen LogP contribution in [0.15, 0.2) is 48.5 Å². The molecule has 1 heterocycles. The Bertz CT molecular complexity index is 829. The zero-order valence-electron chi connectivity index (χ0n) is 15.4. The summed E-state index contributed by atoms with van der Waals surface area (Å²) in [4.78, 5) is 0. The van der Waals surface area contributed by atoms with Crippen LogP contribution in [0.4, 0.5) is 5.69 Å². The molecule has 1 saturated heterocycles. The van der Waals surface area contributed by atoms with Crippen LogP contribution in [-0.2, 0) is 16.4 Å². The van der Waals surface area contributed by atoms with Crippen LogP contribution >= 0.6 is 0 Å². The van der Waals surface area contributed by atoms with Crippen molar-refractivity contribution in [3.05, 3.63) is 65.2 Å². The average molecular weight is 374 g/mol. The normalized spacial score (nSPS) is 20.3. The van der Waals surface area contributed by atoms with Crippen molar-refractivity contribution >= 4 is 15.7 Å². The molecule has 2 aromatic carbocycles. The molecule has 0 bridgehead atoms. The van der Waals surface area contributed by atoms with E-state index in [-0.39, 0.29) is 11.8 Å². The summed E-state index contributed by atoms with van der Waals surface area (Å²) >= 11 is 0. The van der Waals surface area contributed by atoms with Crippen LogP contribution in [0.3, 0.4) is 0 Å². The molecule has 0 saturated carbocycles. The Labute approximate surface area is 156 Å². The van der Waals surface area contributed by atoms with Crippen LogP contribution < -0.4 is 4.31 Å². The van der Waals surface area contributed by atoms with Gasteiger partial charge in [0.15, 0.2) is 0 Å². The van der Waals surface area contributed by atoms with Crippen molar-refractivity contribution in [1.82, 2.24) is 0 Å². The molecule has 0 amide bonds. The van der Waals surface area contributed by atoms with E-state index in [1.54, 1.807) is 4.31 Å². The van der Waals surface area contributed by atoms with Crippen molar-refractivity contribution in [3.8, 4) is 0 Å². The highest BCUT2D eigenvalue weighted by molar-refractivity contribution is 7.93. The molecule has 2 atom stereocenters. The fraction of sp³-hybridized carbons (Fsp3) is 0.429. The summed E-state index contributed by atoms with van der Waals surface area (Å²) in [6.07, 6.45) is 2.66. The van der Waals surface area contributed by atoms with E-state index in [0.29, 0.717) is 18.5 Å². The lowest BCUT2D eigenvalue weighted by molar-refractivity contribution is 0.166. The van der Waals surface area contributed by atoms with Gasteiger partial charge in [-0.05, 0) is 48.1 Å². The predicted octanol–water partition coefficient (Wildman–Crippen LogP) is 4.36. The molecule has 1 N–H and O–H groups in total. The van der Waals surface area contributed by atoms with Gasteiger partial charge in [0.25, 0.3) is 0 Å². The number of benzene rings is 2. The van der Waals surface area contributed by atoms with Crippen molar-refractivity contribution in [2.45, 2.75) is 51.7 Å². The van der Waals surface area contributed by atoms with Gasteiger partial charge < -0.3 is 5.11 Å². The highest BCUT2D eigenvalue weighted by Gasteiger charge is 2.38. The molecule has 0 radical (unpaired) electrons. The van der Waals surface area contributed by atoms with E-state index in [0.717, 1.165) is 24.0 Å². The van der Waals surface area contributed by atoms with Gasteiger partial charge >= 0.3 is 0 Å². The largest absolute Gasteiger partial charge is 0.388 e. The number of aliphatic hydroxyl groups is 1. The molecule has 3 rings (SSSR count). The minimum absolute atomic E-state index is 0.160. The van der Waals surface area contributed by atoms with E-state index in [9.17, 15) is 13.5 Å². The molecule has 4 nitrogen and oxygen atoms in total. The SMILES string of the molecule is CCCC(O)c1ccc(N2C(c3ccc(CC)cc3)CCS2(=O)=O)cc1. The van der Waals surface area contributed by atoms with Gasteiger partial charge in [0.2, 0.25) is 10.0 Å². The first-order valence-electron chi connectivity index (χ1n) is 9.35. The third-order valence-electron chi connectivity index (χ3n) is 5.10. The molecule has 2 unspecified atom stereocenters. The standard InChI is InChI=1S/C21H27NO3S/c1-3-5-21(23)18-10-12-19(13-11-18)22-20(14-15-26(22,24)25)17-8-6-16(4-2)7-9-17/h6-13,20-21,23H,3-5,14-15H2,1-2H3. The van der Waals surface area contributed by atoms with Crippen LogP contribution in [0.1, 0.15) is 61.9 Å². The number of sulfonamides is 1. The number of rotatable bonds is 6. The number of anilines is 1. The van der Waals surface area contributed by atoms with E-state index in [2.05, 4.69) is 19.1 Å². The van der Waals surface area contributed by atoms with Crippen LogP contribution in [0.5, 0.6) is 0 Å². The van der Waals surface area contributed by atoms with Gasteiger partial charge in [-0.25, -0.2) is 8.42 Å². The lowest BCUT2D eigenvalue weighted by Gasteiger charge is -2.26. The van der Waals surface area contributed by atoms with E-state index < -0.39 is 16.1 Å². The summed E-state index contributed by atoms with van der Waals surface area (Å²) < 4.78 is 26.9. The molecule has 2 aromatic rings. The van der Waals surface area contributed by atoms with Gasteiger partial charge in [-0.3, -0.25) is 4.31 Å². The zero-order valence-corrected chi connectivity index (χ0v) is 16.2. The van der Waals surface area contributed by atoms with E-state index in [1.807, 2.05) is 43.3 Å². The summed E-state index contributed by atoms with van der Waals surface area (Å²) in [5, 5.41) is 10.1. The van der Waals surface area contributed by atoms with Gasteiger partial charge in [0, 0.05) is 0 Å². The van der Waals surface area contributed by atoms with Crippen LogP contribution in [0.2, 0.25) is 0 Å². The number of aryl methyl sites for hydroxylation is 1. The smallest absolute Gasteiger partial charge is 0.235 e. The maximum Gasteiger partial charge on any atom is 0.235 e. The first-order chi connectivity index (χ1) is 12.5. The molecule has 26 heavy (non-hydrogen) atoms. The molecule has 0 aromatic heterocycles. The van der Waals surface area contributed by atoms with Gasteiger partial charge in [-0.15, -0.1) is 0 Å². The molecule has 1 aliphatic rings. The number of aliphatic hydroxyl groups excluding tert-OH is 1. The molecule has 140 valence electrons. The van der Waals surface area contributed by atoms with Crippen molar-refractivity contribution < 1.29 is 13.5 Å². The summed E-state index contributed by atoms with van der Waals surface area (Å²) in [6, 6.07) is 15.3. The first kappa shape index (κ1) is 18.9. The van der Waals surface area contributed by atoms with Crippen LogP contribution in [0.25, 0.3) is 0 Å². The fourth-order valence-corrected chi connectivity index (χ4v) is 5.35. The molecule has 1 fully saturated rings. The Balaban J connectivity index is 1.91. The van der Waals surface area contributed by atoms with E-state index in [4.69, 9.17) is 0 Å². The monoisotopic (exact) mass is 373 g/mol. The maximum atomic E-state index is 12.7. The highest BCUT2D eigenvalue weighted by atomic mass is 32.2. The Morgan fingerprint density at radius 1 is 1.08 bits per heavy atom. The summed E-state index contributed by atoms with van der Waals surface area (Å²) in [5.41, 5.74) is 3.77. The topological polar surface area (TPSA) is 57.6 Å². The van der Waals surface area contributed by atoms with Crippen LogP contribution in [-0.4, -0.2) is 19.3 Å².